The van der Waals surface area contributed by atoms with Crippen LogP contribution in [-0.2, 0) is 10.0 Å². The van der Waals surface area contributed by atoms with E-state index in [1.807, 2.05) is 13.0 Å². The maximum Gasteiger partial charge on any atom is 0.236 e. The maximum atomic E-state index is 11.8. The van der Waals surface area contributed by atoms with Crippen molar-refractivity contribution in [1.82, 2.24) is 0 Å². The molecule has 1 unspecified atom stereocenters. The Hall–Kier alpha value is -0.590. The summed E-state index contributed by atoms with van der Waals surface area (Å²) in [6, 6.07) is 5.36. The zero-order valence-corrected chi connectivity index (χ0v) is 11.6. The van der Waals surface area contributed by atoms with Crippen molar-refractivity contribution >= 4 is 31.6 Å². The van der Waals surface area contributed by atoms with Gasteiger partial charge in [-0.25, -0.2) is 8.42 Å². The zero-order valence-electron chi connectivity index (χ0n) is 9.20. The molecule has 0 fully saturated rings. The summed E-state index contributed by atoms with van der Waals surface area (Å²) < 4.78 is 27.0. The van der Waals surface area contributed by atoms with Gasteiger partial charge in [-0.05, 0) is 37.6 Å². The first-order valence-corrected chi connectivity index (χ1v) is 7.18. The summed E-state index contributed by atoms with van der Waals surface area (Å²) in [7, 11) is -3.39. The third kappa shape index (κ3) is 3.20. The van der Waals surface area contributed by atoms with E-state index in [1.54, 1.807) is 19.1 Å². The van der Waals surface area contributed by atoms with Gasteiger partial charge in [0, 0.05) is 11.0 Å². The van der Waals surface area contributed by atoms with E-state index >= 15 is 0 Å². The number of sulfonamides is 1. The van der Waals surface area contributed by atoms with E-state index in [-0.39, 0.29) is 6.54 Å². The molecule has 1 aromatic rings. The SMILES string of the molecule is Cc1cc(Br)ccc1NS(=O)(=O)C(C)CN. The molecule has 1 aromatic carbocycles. The molecular weight excluding hydrogens is 292 g/mol. The van der Waals surface area contributed by atoms with Crippen LogP contribution in [0.4, 0.5) is 5.69 Å². The molecule has 4 nitrogen and oxygen atoms in total. The number of anilines is 1. The quantitative estimate of drug-likeness (QED) is 0.891. The summed E-state index contributed by atoms with van der Waals surface area (Å²) in [5, 5.41) is -0.601. The molecule has 1 atom stereocenters. The maximum absolute atomic E-state index is 11.8. The molecule has 6 heteroatoms. The largest absolute Gasteiger partial charge is 0.329 e. The summed E-state index contributed by atoms with van der Waals surface area (Å²) in [4.78, 5) is 0. The summed E-state index contributed by atoms with van der Waals surface area (Å²) >= 11 is 3.32. The Morgan fingerprint density at radius 1 is 1.50 bits per heavy atom. The molecular formula is C10H15BrN2O2S. The molecule has 0 saturated heterocycles. The van der Waals surface area contributed by atoms with Crippen LogP contribution in [0.1, 0.15) is 12.5 Å². The highest BCUT2D eigenvalue weighted by atomic mass is 79.9. The second-order valence-electron chi connectivity index (χ2n) is 3.65. The van der Waals surface area contributed by atoms with Crippen molar-refractivity contribution < 1.29 is 8.42 Å². The smallest absolute Gasteiger partial charge is 0.236 e. The van der Waals surface area contributed by atoms with E-state index in [4.69, 9.17) is 5.73 Å². The van der Waals surface area contributed by atoms with Crippen molar-refractivity contribution in [3.8, 4) is 0 Å². The lowest BCUT2D eigenvalue weighted by molar-refractivity contribution is 0.589. The number of hydrogen-bond acceptors (Lipinski definition) is 3. The minimum Gasteiger partial charge on any atom is -0.329 e. The van der Waals surface area contributed by atoms with Crippen LogP contribution in [0.15, 0.2) is 22.7 Å². The van der Waals surface area contributed by atoms with Gasteiger partial charge in [0.25, 0.3) is 0 Å². The first kappa shape index (κ1) is 13.5. The van der Waals surface area contributed by atoms with Gasteiger partial charge in [-0.2, -0.15) is 0 Å². The van der Waals surface area contributed by atoms with E-state index in [9.17, 15) is 8.42 Å². The van der Waals surface area contributed by atoms with Crippen LogP contribution in [0.3, 0.4) is 0 Å². The van der Waals surface area contributed by atoms with Crippen LogP contribution in [0.5, 0.6) is 0 Å². The molecule has 16 heavy (non-hydrogen) atoms. The molecule has 0 radical (unpaired) electrons. The Labute approximate surface area is 104 Å². The van der Waals surface area contributed by atoms with Gasteiger partial charge in [0.15, 0.2) is 0 Å². The van der Waals surface area contributed by atoms with Crippen LogP contribution >= 0.6 is 15.9 Å². The van der Waals surface area contributed by atoms with Crippen LogP contribution in [0.2, 0.25) is 0 Å². The third-order valence-corrected chi connectivity index (χ3v) is 4.55. The van der Waals surface area contributed by atoms with E-state index < -0.39 is 15.3 Å². The van der Waals surface area contributed by atoms with Gasteiger partial charge in [-0.3, -0.25) is 4.72 Å². The predicted molar refractivity (Wildman–Crippen MR) is 69.9 cm³/mol. The molecule has 0 heterocycles. The minimum absolute atomic E-state index is 0.102. The van der Waals surface area contributed by atoms with Crippen LogP contribution in [0.25, 0.3) is 0 Å². The second kappa shape index (κ2) is 5.16. The van der Waals surface area contributed by atoms with Crippen LogP contribution in [0, 0.1) is 6.92 Å². The second-order valence-corrected chi connectivity index (χ2v) is 6.67. The zero-order chi connectivity index (χ0) is 12.3. The van der Waals surface area contributed by atoms with Gasteiger partial charge in [0.1, 0.15) is 0 Å². The summed E-state index contributed by atoms with van der Waals surface area (Å²) in [6.07, 6.45) is 0. The monoisotopic (exact) mass is 306 g/mol. The van der Waals surface area contributed by atoms with Crippen molar-refractivity contribution in [3.63, 3.8) is 0 Å². The standard InChI is InChI=1S/C10H15BrN2O2S/c1-7-5-9(11)3-4-10(7)13-16(14,15)8(2)6-12/h3-5,8,13H,6,12H2,1-2H3. The number of benzene rings is 1. The van der Waals surface area contributed by atoms with Crippen molar-refractivity contribution in [2.45, 2.75) is 19.1 Å². The fraction of sp³-hybridized carbons (Fsp3) is 0.400. The number of halogens is 1. The molecule has 0 spiro atoms. The summed E-state index contributed by atoms with van der Waals surface area (Å²) in [5.41, 5.74) is 6.80. The normalized spacial score (nSPS) is 13.5. The van der Waals surface area contributed by atoms with Gasteiger partial charge >= 0.3 is 0 Å². The lowest BCUT2D eigenvalue weighted by atomic mass is 10.2. The highest BCUT2D eigenvalue weighted by molar-refractivity contribution is 9.10. The first-order valence-electron chi connectivity index (χ1n) is 4.84. The summed E-state index contributed by atoms with van der Waals surface area (Å²) in [5.74, 6) is 0. The van der Waals surface area contributed by atoms with Crippen molar-refractivity contribution in [2.75, 3.05) is 11.3 Å². The highest BCUT2D eigenvalue weighted by Crippen LogP contribution is 2.21. The van der Waals surface area contributed by atoms with E-state index in [2.05, 4.69) is 20.7 Å². The number of hydrogen-bond donors (Lipinski definition) is 2. The highest BCUT2D eigenvalue weighted by Gasteiger charge is 2.19. The van der Waals surface area contributed by atoms with E-state index in [0.29, 0.717) is 5.69 Å². The molecule has 1 rings (SSSR count). The number of nitrogens with one attached hydrogen (secondary N) is 1. The number of nitrogens with two attached hydrogens (primary N) is 1. The third-order valence-electron chi connectivity index (χ3n) is 2.30. The molecule has 0 bridgehead atoms. The average molecular weight is 307 g/mol. The Morgan fingerprint density at radius 2 is 2.12 bits per heavy atom. The van der Waals surface area contributed by atoms with Gasteiger partial charge < -0.3 is 5.73 Å². The lowest BCUT2D eigenvalue weighted by Gasteiger charge is -2.14. The number of rotatable bonds is 4. The fourth-order valence-electron chi connectivity index (χ4n) is 1.12. The minimum atomic E-state index is -3.39. The van der Waals surface area contributed by atoms with Crippen molar-refractivity contribution in [1.29, 1.82) is 0 Å². The Morgan fingerprint density at radius 3 is 2.62 bits per heavy atom. The number of aryl methyl sites for hydroxylation is 1. The van der Waals surface area contributed by atoms with Crippen LogP contribution < -0.4 is 10.5 Å². The molecule has 0 amide bonds. The van der Waals surface area contributed by atoms with Crippen LogP contribution in [-0.4, -0.2) is 20.2 Å². The molecule has 90 valence electrons. The van der Waals surface area contributed by atoms with Gasteiger partial charge in [-0.15, -0.1) is 0 Å². The van der Waals surface area contributed by atoms with Gasteiger partial charge in [0.05, 0.1) is 10.9 Å². The average Bonchev–Trinajstić information content (AvgIpc) is 2.21. The Bertz CT molecular complexity index is 474. The van der Waals surface area contributed by atoms with Crippen molar-refractivity contribution in [3.05, 3.63) is 28.2 Å². The molecule has 0 aromatic heterocycles. The topological polar surface area (TPSA) is 72.2 Å². The molecule has 0 saturated carbocycles. The Kier molecular flexibility index (Phi) is 4.35. The molecule has 0 aliphatic heterocycles. The lowest BCUT2D eigenvalue weighted by Crippen LogP contribution is -2.31. The first-order chi connectivity index (χ1) is 7.36. The van der Waals surface area contributed by atoms with Gasteiger partial charge in [0.2, 0.25) is 10.0 Å². The van der Waals surface area contributed by atoms with E-state index in [0.717, 1.165) is 10.0 Å². The predicted octanol–water partition coefficient (Wildman–Crippen LogP) is 1.85. The fourth-order valence-corrected chi connectivity index (χ4v) is 2.59. The van der Waals surface area contributed by atoms with Gasteiger partial charge in [-0.1, -0.05) is 15.9 Å². The molecule has 0 aliphatic carbocycles. The van der Waals surface area contributed by atoms with Crippen molar-refractivity contribution in [2.24, 2.45) is 5.73 Å². The molecule has 3 N–H and O–H groups in total. The Balaban J connectivity index is 2.97. The summed E-state index contributed by atoms with van der Waals surface area (Å²) in [6.45, 7) is 3.52. The molecule has 0 aliphatic rings. The van der Waals surface area contributed by atoms with E-state index in [1.165, 1.54) is 0 Å².